The summed E-state index contributed by atoms with van der Waals surface area (Å²) in [5.41, 5.74) is -0.286. The summed E-state index contributed by atoms with van der Waals surface area (Å²) in [5, 5.41) is 11.3. The van der Waals surface area contributed by atoms with Gasteiger partial charge < -0.3 is 10.1 Å². The summed E-state index contributed by atoms with van der Waals surface area (Å²) in [4.78, 5) is 12.2. The maximum atomic E-state index is 14.0. The second kappa shape index (κ2) is 7.97. The van der Waals surface area contributed by atoms with Gasteiger partial charge in [-0.05, 0) is 29.8 Å². The lowest BCUT2D eigenvalue weighted by atomic mass is 10.0. The summed E-state index contributed by atoms with van der Waals surface area (Å²) in [6.07, 6.45) is -6.07. The molecule has 0 aliphatic rings. The van der Waals surface area contributed by atoms with Gasteiger partial charge in [0, 0.05) is 19.2 Å². The second-order valence-corrected chi connectivity index (χ2v) is 5.38. The number of carbonyl (C=O) groups is 1. The Morgan fingerprint density at radius 2 is 1.88 bits per heavy atom. The van der Waals surface area contributed by atoms with Crippen molar-refractivity contribution in [1.29, 1.82) is 5.26 Å². The molecule has 0 radical (unpaired) electrons. The Kier molecular flexibility index (Phi) is 5.95. The van der Waals surface area contributed by atoms with E-state index in [1.165, 1.54) is 0 Å². The van der Waals surface area contributed by atoms with E-state index < -0.39 is 29.6 Å². The molecule has 1 amide bonds. The average molecular weight is 366 g/mol. The first-order valence-electron chi connectivity index (χ1n) is 7.42. The Bertz CT molecular complexity index is 827. The maximum absolute atomic E-state index is 14.0. The van der Waals surface area contributed by atoms with Gasteiger partial charge in [0.05, 0.1) is 17.2 Å². The Morgan fingerprint density at radius 3 is 2.38 bits per heavy atom. The molecule has 0 saturated heterocycles. The van der Waals surface area contributed by atoms with Gasteiger partial charge in [-0.1, -0.05) is 18.2 Å². The molecule has 0 spiro atoms. The SMILES string of the molecule is CO[C@H](C(=O)NCc1ccc(C#N)cc1)c1ccc(C(F)(F)F)cc1F. The van der Waals surface area contributed by atoms with E-state index in [1.54, 1.807) is 24.3 Å². The van der Waals surface area contributed by atoms with E-state index >= 15 is 0 Å². The number of rotatable bonds is 5. The zero-order chi connectivity index (χ0) is 19.3. The van der Waals surface area contributed by atoms with Crippen LogP contribution in [-0.2, 0) is 22.3 Å². The van der Waals surface area contributed by atoms with Crippen molar-refractivity contribution >= 4 is 5.91 Å². The molecule has 8 heteroatoms. The zero-order valence-electron chi connectivity index (χ0n) is 13.6. The molecule has 0 bridgehead atoms. The van der Waals surface area contributed by atoms with Crippen LogP contribution in [-0.4, -0.2) is 13.0 Å². The highest BCUT2D eigenvalue weighted by Crippen LogP contribution is 2.32. The molecule has 136 valence electrons. The van der Waals surface area contributed by atoms with Gasteiger partial charge in [0.1, 0.15) is 5.82 Å². The minimum Gasteiger partial charge on any atom is -0.367 e. The quantitative estimate of drug-likeness (QED) is 0.821. The number of hydrogen-bond acceptors (Lipinski definition) is 3. The second-order valence-electron chi connectivity index (χ2n) is 5.38. The van der Waals surface area contributed by atoms with E-state index in [2.05, 4.69) is 5.32 Å². The maximum Gasteiger partial charge on any atom is 0.416 e. The summed E-state index contributed by atoms with van der Waals surface area (Å²) < 4.78 is 56.8. The van der Waals surface area contributed by atoms with Crippen LogP contribution in [0, 0.1) is 17.1 Å². The number of nitrogens with one attached hydrogen (secondary N) is 1. The predicted octanol–water partition coefficient (Wildman–Crippen LogP) is 3.72. The van der Waals surface area contributed by atoms with Crippen LogP contribution in [0.3, 0.4) is 0 Å². The molecule has 2 rings (SSSR count). The molecule has 0 saturated carbocycles. The van der Waals surface area contributed by atoms with Crippen molar-refractivity contribution in [2.24, 2.45) is 0 Å². The van der Waals surface area contributed by atoms with Crippen molar-refractivity contribution in [3.8, 4) is 6.07 Å². The molecule has 0 fully saturated rings. The zero-order valence-corrected chi connectivity index (χ0v) is 13.6. The first-order chi connectivity index (χ1) is 12.3. The number of hydrogen-bond donors (Lipinski definition) is 1. The standard InChI is InChI=1S/C18H14F4N2O2/c1-26-16(14-7-6-13(8-15(14)19)18(20,21)22)17(25)24-10-12-4-2-11(9-23)3-5-12/h2-8,16H,10H2,1H3,(H,24,25)/t16-/m0/s1. The molecular weight excluding hydrogens is 352 g/mol. The fraction of sp³-hybridized carbons (Fsp3) is 0.222. The number of alkyl halides is 3. The van der Waals surface area contributed by atoms with Crippen LogP contribution in [0.1, 0.15) is 28.4 Å². The van der Waals surface area contributed by atoms with E-state index in [9.17, 15) is 22.4 Å². The van der Waals surface area contributed by atoms with Crippen molar-refractivity contribution in [3.63, 3.8) is 0 Å². The normalized spacial score (nSPS) is 12.3. The van der Waals surface area contributed by atoms with E-state index in [0.717, 1.165) is 13.2 Å². The Balaban J connectivity index is 2.12. The number of ether oxygens (including phenoxy) is 1. The molecule has 2 aromatic rings. The lowest BCUT2D eigenvalue weighted by Crippen LogP contribution is -2.30. The molecule has 0 aliphatic carbocycles. The highest BCUT2D eigenvalue weighted by atomic mass is 19.4. The van der Waals surface area contributed by atoms with Crippen molar-refractivity contribution in [3.05, 3.63) is 70.5 Å². The molecule has 0 aromatic heterocycles. The molecule has 1 N–H and O–H groups in total. The summed E-state index contributed by atoms with van der Waals surface area (Å²) in [6, 6.07) is 10.3. The van der Waals surface area contributed by atoms with Gasteiger partial charge in [0.2, 0.25) is 0 Å². The van der Waals surface area contributed by atoms with Crippen LogP contribution in [0.5, 0.6) is 0 Å². The molecule has 0 unspecified atom stereocenters. The first-order valence-corrected chi connectivity index (χ1v) is 7.42. The first kappa shape index (κ1) is 19.4. The minimum absolute atomic E-state index is 0.0899. The highest BCUT2D eigenvalue weighted by molar-refractivity contribution is 5.82. The molecule has 2 aromatic carbocycles. The summed E-state index contributed by atoms with van der Waals surface area (Å²) in [6.45, 7) is 0.0899. The summed E-state index contributed by atoms with van der Waals surface area (Å²) in [7, 11) is 1.16. The third kappa shape index (κ3) is 4.58. The Labute approximate surface area is 147 Å². The van der Waals surface area contributed by atoms with Crippen molar-refractivity contribution < 1.29 is 27.1 Å². The van der Waals surface area contributed by atoms with Crippen LogP contribution in [0.25, 0.3) is 0 Å². The number of amides is 1. The Morgan fingerprint density at radius 1 is 1.23 bits per heavy atom. The van der Waals surface area contributed by atoms with Crippen LogP contribution < -0.4 is 5.32 Å². The smallest absolute Gasteiger partial charge is 0.367 e. The number of nitriles is 1. The number of halogens is 4. The fourth-order valence-electron chi connectivity index (χ4n) is 2.27. The molecule has 1 atom stereocenters. The Hall–Kier alpha value is -2.92. The van der Waals surface area contributed by atoms with E-state index in [1.807, 2.05) is 6.07 Å². The average Bonchev–Trinajstić information content (AvgIpc) is 2.61. The van der Waals surface area contributed by atoms with Crippen LogP contribution >= 0.6 is 0 Å². The van der Waals surface area contributed by atoms with E-state index in [-0.39, 0.29) is 12.1 Å². The molecular formula is C18H14F4N2O2. The monoisotopic (exact) mass is 366 g/mol. The molecule has 26 heavy (non-hydrogen) atoms. The number of benzene rings is 2. The van der Waals surface area contributed by atoms with E-state index in [4.69, 9.17) is 10.00 Å². The van der Waals surface area contributed by atoms with Crippen LogP contribution in [0.4, 0.5) is 17.6 Å². The van der Waals surface area contributed by atoms with Gasteiger partial charge in [0.15, 0.2) is 6.10 Å². The lowest BCUT2D eigenvalue weighted by Gasteiger charge is -2.17. The highest BCUT2D eigenvalue weighted by Gasteiger charge is 2.32. The predicted molar refractivity (Wildman–Crippen MR) is 84.2 cm³/mol. The number of nitrogens with zero attached hydrogens (tertiary/aromatic N) is 1. The van der Waals surface area contributed by atoms with Crippen molar-refractivity contribution in [2.45, 2.75) is 18.8 Å². The van der Waals surface area contributed by atoms with Gasteiger partial charge in [-0.25, -0.2) is 4.39 Å². The minimum atomic E-state index is -4.68. The lowest BCUT2D eigenvalue weighted by molar-refractivity contribution is -0.137. The molecule has 4 nitrogen and oxygen atoms in total. The van der Waals surface area contributed by atoms with Gasteiger partial charge >= 0.3 is 6.18 Å². The van der Waals surface area contributed by atoms with Gasteiger partial charge in [-0.2, -0.15) is 18.4 Å². The van der Waals surface area contributed by atoms with Crippen LogP contribution in [0.2, 0.25) is 0 Å². The van der Waals surface area contributed by atoms with E-state index in [0.29, 0.717) is 23.3 Å². The number of methoxy groups -OCH3 is 1. The number of carbonyl (C=O) groups excluding carboxylic acids is 1. The summed E-state index contributed by atoms with van der Waals surface area (Å²) >= 11 is 0. The summed E-state index contributed by atoms with van der Waals surface area (Å²) in [5.74, 6) is -1.88. The largest absolute Gasteiger partial charge is 0.416 e. The van der Waals surface area contributed by atoms with Gasteiger partial charge in [-0.3, -0.25) is 4.79 Å². The topological polar surface area (TPSA) is 62.1 Å². The fourth-order valence-corrected chi connectivity index (χ4v) is 2.27. The van der Waals surface area contributed by atoms with Crippen LogP contribution in [0.15, 0.2) is 42.5 Å². The third-order valence-corrected chi connectivity index (χ3v) is 3.63. The molecule has 0 heterocycles. The van der Waals surface area contributed by atoms with Crippen molar-refractivity contribution in [1.82, 2.24) is 5.32 Å². The third-order valence-electron chi connectivity index (χ3n) is 3.63. The van der Waals surface area contributed by atoms with Gasteiger partial charge in [-0.15, -0.1) is 0 Å². The van der Waals surface area contributed by atoms with Crippen molar-refractivity contribution in [2.75, 3.05) is 7.11 Å². The molecule has 0 aliphatic heterocycles. The van der Waals surface area contributed by atoms with Gasteiger partial charge in [0.25, 0.3) is 5.91 Å².